The fraction of sp³-hybridized carbons (Fsp3) is 0.312. The van der Waals surface area contributed by atoms with Gasteiger partial charge in [0.05, 0.1) is 6.61 Å². The Bertz CT molecular complexity index is 960. The van der Waals surface area contributed by atoms with Crippen LogP contribution in [0.3, 0.4) is 0 Å². The third-order valence-corrected chi connectivity index (χ3v) is 6.80. The Kier molecular flexibility index (Phi) is 5.48. The van der Waals surface area contributed by atoms with Gasteiger partial charge in [-0.05, 0) is 11.1 Å². The molecule has 0 saturated carbocycles. The van der Waals surface area contributed by atoms with E-state index in [2.05, 4.69) is 5.32 Å². The molecular formula is C16H16N2O8S2. The number of carbonyl (C=O) groups is 3. The first-order valence-corrected chi connectivity index (χ1v) is 10.5. The molecule has 2 aliphatic heterocycles. The second-order valence-corrected chi connectivity index (χ2v) is 8.72. The van der Waals surface area contributed by atoms with E-state index in [1.54, 1.807) is 6.07 Å². The largest absolute Gasteiger partial charge is 0.477 e. The third kappa shape index (κ3) is 3.51. The Morgan fingerprint density at radius 3 is 2.46 bits per heavy atom. The number of carboxylic acids is 1. The number of nitrogens with one attached hydrogen (secondary N) is 1. The number of aliphatic hydroxyl groups is 1. The van der Waals surface area contributed by atoms with Gasteiger partial charge in [-0.2, -0.15) is 8.42 Å². The molecule has 3 atom stereocenters. The highest BCUT2D eigenvalue weighted by Crippen LogP contribution is 2.40. The highest BCUT2D eigenvalue weighted by atomic mass is 32.2. The van der Waals surface area contributed by atoms with Crippen LogP contribution in [-0.4, -0.2) is 69.6 Å². The third-order valence-electron chi connectivity index (χ3n) is 4.38. The van der Waals surface area contributed by atoms with Crippen LogP contribution in [0.25, 0.3) is 0 Å². The molecule has 1 fully saturated rings. The predicted molar refractivity (Wildman–Crippen MR) is 97.5 cm³/mol. The molecule has 0 aliphatic carbocycles. The first kappa shape index (κ1) is 20.3. The van der Waals surface area contributed by atoms with Crippen molar-refractivity contribution in [2.24, 2.45) is 0 Å². The lowest BCUT2D eigenvalue weighted by atomic mass is 10.0. The number of carboxylic acid groups (broad SMARTS) is 1. The Hall–Kier alpha value is -2.41. The standard InChI is InChI=1S/C16H16N2O8S2/c19-6-9-7-27-15-10(14(21)18(15)11(9)16(22)23)17-13(20)12(28(24,25)26)8-4-2-1-3-5-8/h1-5,10,12,15,19H,6-7H2,(H,17,20)(H,22,23)(H,24,25,26)/t10-,12+,15-/m1/s1. The van der Waals surface area contributed by atoms with Crippen LogP contribution in [0.4, 0.5) is 0 Å². The Balaban J connectivity index is 1.83. The zero-order chi connectivity index (χ0) is 20.6. The molecule has 28 heavy (non-hydrogen) atoms. The lowest BCUT2D eigenvalue weighted by molar-refractivity contribution is -0.150. The minimum atomic E-state index is -4.81. The monoisotopic (exact) mass is 428 g/mol. The molecule has 12 heteroatoms. The van der Waals surface area contributed by atoms with Crippen molar-refractivity contribution in [1.29, 1.82) is 0 Å². The van der Waals surface area contributed by atoms with Crippen LogP contribution in [0.2, 0.25) is 0 Å². The van der Waals surface area contributed by atoms with Crippen molar-refractivity contribution in [3.63, 3.8) is 0 Å². The van der Waals surface area contributed by atoms with Crippen molar-refractivity contribution in [1.82, 2.24) is 10.2 Å². The van der Waals surface area contributed by atoms with Gasteiger partial charge >= 0.3 is 5.97 Å². The maximum absolute atomic E-state index is 12.6. The number of hydrogen-bond acceptors (Lipinski definition) is 7. The van der Waals surface area contributed by atoms with Crippen molar-refractivity contribution in [3.05, 3.63) is 47.2 Å². The molecule has 1 saturated heterocycles. The maximum atomic E-state index is 12.6. The van der Waals surface area contributed by atoms with Crippen LogP contribution >= 0.6 is 11.8 Å². The fourth-order valence-electron chi connectivity index (χ4n) is 3.12. The Morgan fingerprint density at radius 1 is 1.29 bits per heavy atom. The first-order valence-electron chi connectivity index (χ1n) is 7.99. The molecule has 2 aliphatic rings. The summed E-state index contributed by atoms with van der Waals surface area (Å²) in [6.45, 7) is -0.527. The van der Waals surface area contributed by atoms with Gasteiger partial charge in [-0.3, -0.25) is 19.0 Å². The minimum absolute atomic E-state index is 0.0242. The van der Waals surface area contributed by atoms with E-state index in [0.717, 1.165) is 16.7 Å². The van der Waals surface area contributed by atoms with Crippen molar-refractivity contribution in [3.8, 4) is 0 Å². The van der Waals surface area contributed by atoms with E-state index in [9.17, 15) is 37.6 Å². The highest BCUT2D eigenvalue weighted by Gasteiger charge is 2.54. The van der Waals surface area contributed by atoms with Crippen molar-refractivity contribution in [2.75, 3.05) is 12.4 Å². The minimum Gasteiger partial charge on any atom is -0.477 e. The molecule has 150 valence electrons. The SMILES string of the molecule is O=C(O)C1=C(CO)CS[C@@H]2[C@H](NC(=O)[C@H](c3ccccc3)S(=O)(=O)O)C(=O)N12. The summed E-state index contributed by atoms with van der Waals surface area (Å²) in [6.07, 6.45) is 0. The van der Waals surface area contributed by atoms with Crippen LogP contribution in [-0.2, 0) is 24.5 Å². The van der Waals surface area contributed by atoms with Crippen molar-refractivity contribution < 1.29 is 37.6 Å². The van der Waals surface area contributed by atoms with Crippen LogP contribution in [0, 0.1) is 0 Å². The van der Waals surface area contributed by atoms with E-state index in [0.29, 0.717) is 0 Å². The Morgan fingerprint density at radius 2 is 1.93 bits per heavy atom. The number of aliphatic carboxylic acids is 1. The Labute approximate surface area is 164 Å². The van der Waals surface area contributed by atoms with E-state index in [4.69, 9.17) is 0 Å². The van der Waals surface area contributed by atoms with Gasteiger partial charge in [0.25, 0.3) is 16.0 Å². The van der Waals surface area contributed by atoms with Gasteiger partial charge in [-0.1, -0.05) is 30.3 Å². The molecule has 10 nitrogen and oxygen atoms in total. The van der Waals surface area contributed by atoms with E-state index in [-0.39, 0.29) is 22.6 Å². The van der Waals surface area contributed by atoms with E-state index in [1.165, 1.54) is 24.3 Å². The summed E-state index contributed by atoms with van der Waals surface area (Å²) in [6, 6.07) is 6.14. The molecule has 0 bridgehead atoms. The number of fused-ring (bicyclic) bond motifs is 1. The van der Waals surface area contributed by atoms with E-state index < -0.39 is 51.2 Å². The number of hydrogen-bond donors (Lipinski definition) is 4. The zero-order valence-corrected chi connectivity index (χ0v) is 15.8. The lowest BCUT2D eigenvalue weighted by Gasteiger charge is -2.49. The van der Waals surface area contributed by atoms with Crippen LogP contribution in [0.15, 0.2) is 41.6 Å². The van der Waals surface area contributed by atoms with Crippen molar-refractivity contribution in [2.45, 2.75) is 16.7 Å². The molecule has 2 heterocycles. The van der Waals surface area contributed by atoms with Crippen LogP contribution < -0.4 is 5.32 Å². The quantitative estimate of drug-likeness (QED) is 0.341. The summed E-state index contributed by atoms with van der Waals surface area (Å²) in [4.78, 5) is 37.4. The molecule has 4 N–H and O–H groups in total. The molecule has 0 aromatic heterocycles. The number of β-lactam (4-membered cyclic amide) rings is 1. The highest BCUT2D eigenvalue weighted by molar-refractivity contribution is 8.00. The van der Waals surface area contributed by atoms with Gasteiger partial charge < -0.3 is 15.5 Å². The number of rotatable bonds is 6. The molecule has 0 spiro atoms. The lowest BCUT2D eigenvalue weighted by Crippen LogP contribution is -2.71. The number of thioether (sulfide) groups is 1. The summed E-state index contributed by atoms with van der Waals surface area (Å²) < 4.78 is 32.9. The molecule has 1 aromatic rings. The summed E-state index contributed by atoms with van der Waals surface area (Å²) >= 11 is 1.13. The molecule has 0 unspecified atom stereocenters. The second kappa shape index (κ2) is 7.54. The number of carbonyl (C=O) groups excluding carboxylic acids is 2. The number of aliphatic hydroxyl groups excluding tert-OH is 1. The van der Waals surface area contributed by atoms with Gasteiger partial charge in [-0.15, -0.1) is 11.8 Å². The maximum Gasteiger partial charge on any atom is 0.352 e. The number of benzene rings is 1. The zero-order valence-electron chi connectivity index (χ0n) is 14.2. The van der Waals surface area contributed by atoms with Gasteiger partial charge in [0.15, 0.2) is 5.25 Å². The summed E-state index contributed by atoms with van der Waals surface area (Å²) in [5.41, 5.74) is -0.140. The predicted octanol–water partition coefficient (Wildman–Crippen LogP) is -0.654. The summed E-state index contributed by atoms with van der Waals surface area (Å²) in [5.74, 6) is -3.08. The normalized spacial score (nSPS) is 22.9. The molecular weight excluding hydrogens is 412 g/mol. The average molecular weight is 428 g/mol. The fourth-order valence-corrected chi connectivity index (χ4v) is 5.30. The first-order chi connectivity index (χ1) is 13.2. The van der Waals surface area contributed by atoms with Gasteiger partial charge in [0.2, 0.25) is 5.91 Å². The smallest absolute Gasteiger partial charge is 0.352 e. The molecule has 1 aromatic carbocycles. The van der Waals surface area contributed by atoms with Gasteiger partial charge in [0.1, 0.15) is 17.1 Å². The molecule has 2 amide bonds. The molecule has 3 rings (SSSR count). The number of nitrogens with zero attached hydrogens (tertiary/aromatic N) is 1. The van der Waals surface area contributed by atoms with Crippen molar-refractivity contribution >= 4 is 39.7 Å². The van der Waals surface area contributed by atoms with Crippen LogP contribution in [0.5, 0.6) is 0 Å². The van der Waals surface area contributed by atoms with Gasteiger partial charge in [0, 0.05) is 5.75 Å². The van der Waals surface area contributed by atoms with E-state index in [1.807, 2.05) is 0 Å². The van der Waals surface area contributed by atoms with Gasteiger partial charge in [-0.25, -0.2) is 4.79 Å². The van der Waals surface area contributed by atoms with Crippen LogP contribution in [0.1, 0.15) is 10.8 Å². The number of amides is 2. The second-order valence-electron chi connectivity index (χ2n) is 6.12. The average Bonchev–Trinajstić information content (AvgIpc) is 2.64. The van der Waals surface area contributed by atoms with E-state index >= 15 is 0 Å². The summed E-state index contributed by atoms with van der Waals surface area (Å²) in [7, 11) is -4.81. The topological polar surface area (TPSA) is 161 Å². The molecule has 0 radical (unpaired) electrons. The summed E-state index contributed by atoms with van der Waals surface area (Å²) in [5, 5.41) is 18.2.